The van der Waals surface area contributed by atoms with Crippen LogP contribution < -0.4 is 0 Å². The van der Waals surface area contributed by atoms with Gasteiger partial charge in [-0.25, -0.2) is 0 Å². The lowest BCUT2D eigenvalue weighted by Crippen LogP contribution is -2.53. The predicted molar refractivity (Wildman–Crippen MR) is 110 cm³/mol. The molecular weight excluding hydrogens is 348 g/mol. The van der Waals surface area contributed by atoms with Crippen LogP contribution in [0.15, 0.2) is 36.7 Å². The van der Waals surface area contributed by atoms with Gasteiger partial charge in [0, 0.05) is 37.7 Å². The maximum absolute atomic E-state index is 12.6. The highest BCUT2D eigenvalue weighted by Crippen LogP contribution is 2.39. The van der Waals surface area contributed by atoms with Gasteiger partial charge < -0.3 is 4.90 Å². The van der Waals surface area contributed by atoms with E-state index in [1.54, 1.807) is 12.4 Å². The summed E-state index contributed by atoms with van der Waals surface area (Å²) in [5.41, 5.74) is 4.78. The van der Waals surface area contributed by atoms with Crippen molar-refractivity contribution in [3.05, 3.63) is 59.2 Å². The Kier molecular flexibility index (Phi) is 5.44. The number of hydrogen-bond donors (Lipinski definition) is 0. The molecule has 0 saturated carbocycles. The van der Waals surface area contributed by atoms with Crippen molar-refractivity contribution < 1.29 is 4.79 Å². The number of amides is 1. The zero-order valence-corrected chi connectivity index (χ0v) is 17.0. The lowest BCUT2D eigenvalue weighted by molar-refractivity contribution is -0.140. The fraction of sp³-hybridized carbons (Fsp3) is 0.522. The quantitative estimate of drug-likeness (QED) is 0.817. The standard InChI is InChI=1S/C23H30N4O/c1-18-6-3-4-7-20(18)14-26-11-5-9-23(16-26)10-8-22(28)27(17-23)15-21-13-24-19(2)12-25-21/h3-4,6-7,12-13H,5,8-11,14-17H2,1-2H3. The average molecular weight is 379 g/mol. The van der Waals surface area contributed by atoms with Crippen molar-refractivity contribution in [3.8, 4) is 0 Å². The smallest absolute Gasteiger partial charge is 0.222 e. The van der Waals surface area contributed by atoms with Gasteiger partial charge in [-0.1, -0.05) is 24.3 Å². The number of piperidine rings is 2. The molecule has 148 valence electrons. The maximum Gasteiger partial charge on any atom is 0.222 e. The van der Waals surface area contributed by atoms with Crippen LogP contribution in [0.25, 0.3) is 0 Å². The molecule has 2 fully saturated rings. The van der Waals surface area contributed by atoms with Crippen LogP contribution in [0.1, 0.15) is 48.2 Å². The number of hydrogen-bond acceptors (Lipinski definition) is 4. The summed E-state index contributed by atoms with van der Waals surface area (Å²) in [7, 11) is 0. The normalized spacial score (nSPS) is 23.4. The second kappa shape index (κ2) is 8.00. The molecule has 3 heterocycles. The van der Waals surface area contributed by atoms with Gasteiger partial charge in [0.2, 0.25) is 5.91 Å². The van der Waals surface area contributed by atoms with E-state index in [-0.39, 0.29) is 11.3 Å². The van der Waals surface area contributed by atoms with E-state index in [0.29, 0.717) is 13.0 Å². The highest BCUT2D eigenvalue weighted by Gasteiger charge is 2.41. The third kappa shape index (κ3) is 4.25. The highest BCUT2D eigenvalue weighted by molar-refractivity contribution is 5.77. The van der Waals surface area contributed by atoms with Crippen molar-refractivity contribution >= 4 is 5.91 Å². The Balaban J connectivity index is 1.45. The molecule has 2 aromatic rings. The monoisotopic (exact) mass is 378 g/mol. The Morgan fingerprint density at radius 3 is 2.68 bits per heavy atom. The molecule has 5 heteroatoms. The van der Waals surface area contributed by atoms with Crippen molar-refractivity contribution in [1.29, 1.82) is 0 Å². The van der Waals surface area contributed by atoms with E-state index >= 15 is 0 Å². The van der Waals surface area contributed by atoms with E-state index in [4.69, 9.17) is 0 Å². The van der Waals surface area contributed by atoms with Gasteiger partial charge in [0.05, 0.1) is 24.1 Å². The summed E-state index contributed by atoms with van der Waals surface area (Å²) in [5, 5.41) is 0. The summed E-state index contributed by atoms with van der Waals surface area (Å²) in [4.78, 5) is 26.0. The molecule has 0 aliphatic carbocycles. The van der Waals surface area contributed by atoms with E-state index in [9.17, 15) is 4.79 Å². The summed E-state index contributed by atoms with van der Waals surface area (Å²) in [6.07, 6.45) is 7.65. The number of benzene rings is 1. The minimum absolute atomic E-state index is 0.215. The van der Waals surface area contributed by atoms with Gasteiger partial charge in [-0.05, 0) is 50.8 Å². The number of aromatic nitrogens is 2. The Hall–Kier alpha value is -2.27. The summed E-state index contributed by atoms with van der Waals surface area (Å²) in [6, 6.07) is 8.67. The van der Waals surface area contributed by atoms with E-state index < -0.39 is 0 Å². The highest BCUT2D eigenvalue weighted by atomic mass is 16.2. The molecule has 2 aliphatic rings. The lowest BCUT2D eigenvalue weighted by atomic mass is 9.73. The van der Waals surface area contributed by atoms with E-state index in [1.807, 2.05) is 11.8 Å². The Bertz CT molecular complexity index is 835. The maximum atomic E-state index is 12.6. The van der Waals surface area contributed by atoms with Gasteiger partial charge in [0.1, 0.15) is 0 Å². The van der Waals surface area contributed by atoms with E-state index in [0.717, 1.165) is 44.0 Å². The minimum Gasteiger partial charge on any atom is -0.336 e. The number of carbonyl (C=O) groups excluding carboxylic acids is 1. The van der Waals surface area contributed by atoms with Crippen molar-refractivity contribution in [1.82, 2.24) is 19.8 Å². The fourth-order valence-electron chi connectivity index (χ4n) is 4.75. The number of aryl methyl sites for hydroxylation is 2. The van der Waals surface area contributed by atoms with Crippen LogP contribution in [-0.4, -0.2) is 45.3 Å². The molecule has 0 bridgehead atoms. The third-order valence-corrected chi connectivity index (χ3v) is 6.33. The Morgan fingerprint density at radius 1 is 1.04 bits per heavy atom. The molecule has 0 N–H and O–H groups in total. The molecule has 1 atom stereocenters. The molecule has 28 heavy (non-hydrogen) atoms. The molecule has 2 saturated heterocycles. The molecule has 1 spiro atoms. The number of likely N-dealkylation sites (tertiary alicyclic amines) is 2. The second-order valence-corrected chi connectivity index (χ2v) is 8.64. The molecule has 1 unspecified atom stereocenters. The molecule has 4 rings (SSSR count). The predicted octanol–water partition coefficient (Wildman–Crippen LogP) is 3.50. The molecule has 1 aromatic carbocycles. The Morgan fingerprint density at radius 2 is 1.89 bits per heavy atom. The van der Waals surface area contributed by atoms with Gasteiger partial charge in [-0.15, -0.1) is 0 Å². The fourth-order valence-corrected chi connectivity index (χ4v) is 4.75. The van der Waals surface area contributed by atoms with Gasteiger partial charge in [0.15, 0.2) is 0 Å². The van der Waals surface area contributed by atoms with Crippen LogP contribution in [-0.2, 0) is 17.9 Å². The van der Waals surface area contributed by atoms with Crippen molar-refractivity contribution in [2.45, 2.75) is 52.6 Å². The molecule has 5 nitrogen and oxygen atoms in total. The number of rotatable bonds is 4. The van der Waals surface area contributed by atoms with E-state index in [1.165, 1.54) is 24.0 Å². The molecular formula is C23H30N4O. The topological polar surface area (TPSA) is 49.3 Å². The number of carbonyl (C=O) groups is 1. The van der Waals surface area contributed by atoms with Crippen LogP contribution in [0.3, 0.4) is 0 Å². The average Bonchev–Trinajstić information content (AvgIpc) is 2.69. The first kappa shape index (κ1) is 19.1. The summed E-state index contributed by atoms with van der Waals surface area (Å²) in [6.45, 7) is 8.77. The van der Waals surface area contributed by atoms with Crippen molar-refractivity contribution in [2.24, 2.45) is 5.41 Å². The molecule has 1 aromatic heterocycles. The summed E-state index contributed by atoms with van der Waals surface area (Å²) >= 11 is 0. The van der Waals surface area contributed by atoms with Crippen molar-refractivity contribution in [2.75, 3.05) is 19.6 Å². The van der Waals surface area contributed by atoms with Crippen LogP contribution in [0.5, 0.6) is 0 Å². The van der Waals surface area contributed by atoms with Crippen molar-refractivity contribution in [3.63, 3.8) is 0 Å². The molecule has 2 aliphatic heterocycles. The molecule has 1 amide bonds. The lowest BCUT2D eigenvalue weighted by Gasteiger charge is -2.48. The third-order valence-electron chi connectivity index (χ3n) is 6.33. The summed E-state index contributed by atoms with van der Waals surface area (Å²) < 4.78 is 0. The second-order valence-electron chi connectivity index (χ2n) is 8.64. The van der Waals surface area contributed by atoms with Gasteiger partial charge in [-0.2, -0.15) is 0 Å². The Labute approximate surface area is 167 Å². The summed E-state index contributed by atoms with van der Waals surface area (Å²) in [5.74, 6) is 0.254. The SMILES string of the molecule is Cc1cnc(CN2CC3(CCCN(Cc4ccccc4C)C3)CCC2=O)cn1. The molecule has 0 radical (unpaired) electrons. The van der Waals surface area contributed by atoms with Gasteiger partial charge >= 0.3 is 0 Å². The zero-order valence-electron chi connectivity index (χ0n) is 17.0. The first-order chi connectivity index (χ1) is 13.5. The first-order valence-electron chi connectivity index (χ1n) is 10.4. The number of nitrogens with zero attached hydrogens (tertiary/aromatic N) is 4. The van der Waals surface area contributed by atoms with Crippen LogP contribution in [0.4, 0.5) is 0 Å². The minimum atomic E-state index is 0.215. The van der Waals surface area contributed by atoms with Gasteiger partial charge in [-0.3, -0.25) is 19.7 Å². The van der Waals surface area contributed by atoms with Crippen LogP contribution in [0.2, 0.25) is 0 Å². The van der Waals surface area contributed by atoms with E-state index in [2.05, 4.69) is 46.1 Å². The van der Waals surface area contributed by atoms with Gasteiger partial charge in [0.25, 0.3) is 0 Å². The first-order valence-corrected chi connectivity index (χ1v) is 10.4. The largest absolute Gasteiger partial charge is 0.336 e. The van der Waals surface area contributed by atoms with Crippen LogP contribution >= 0.6 is 0 Å². The van der Waals surface area contributed by atoms with Crippen LogP contribution in [0, 0.1) is 19.3 Å². The zero-order chi connectivity index (χ0) is 19.6.